The van der Waals surface area contributed by atoms with Crippen molar-refractivity contribution in [2.75, 3.05) is 19.6 Å². The zero-order valence-corrected chi connectivity index (χ0v) is 18.4. The molecule has 0 fully saturated rings. The summed E-state index contributed by atoms with van der Waals surface area (Å²) in [5.74, 6) is -0.665. The van der Waals surface area contributed by atoms with E-state index < -0.39 is 24.0 Å². The average Bonchev–Trinajstić information content (AvgIpc) is 2.77. The molecule has 4 N–H and O–H groups in total. The van der Waals surface area contributed by atoms with E-state index in [1.54, 1.807) is 18.4 Å². The van der Waals surface area contributed by atoms with Crippen LogP contribution in [-0.2, 0) is 20.8 Å². The Morgan fingerprint density at radius 2 is 1.74 bits per heavy atom. The Morgan fingerprint density at radius 3 is 2.29 bits per heavy atom. The highest BCUT2D eigenvalue weighted by molar-refractivity contribution is 5.91. The summed E-state index contributed by atoms with van der Waals surface area (Å²) in [5.41, 5.74) is 6.58. The van der Waals surface area contributed by atoms with E-state index in [0.29, 0.717) is 38.9 Å². The van der Waals surface area contributed by atoms with Crippen molar-refractivity contribution in [3.63, 3.8) is 0 Å². The molecule has 0 bridgehead atoms. The molecule has 0 aliphatic rings. The van der Waals surface area contributed by atoms with Gasteiger partial charge in [-0.05, 0) is 44.7 Å². The molecule has 0 aliphatic heterocycles. The van der Waals surface area contributed by atoms with E-state index in [2.05, 4.69) is 23.8 Å². The van der Waals surface area contributed by atoms with Gasteiger partial charge in [0.25, 0.3) is 0 Å². The molecule has 3 atom stereocenters. The minimum Gasteiger partial charge on any atom is -0.344 e. The molecule has 1 aromatic rings. The number of nitrogens with zero attached hydrogens (tertiary/aromatic N) is 1. The zero-order valence-electron chi connectivity index (χ0n) is 18.4. The molecule has 0 aliphatic carbocycles. The third-order valence-corrected chi connectivity index (χ3v) is 4.86. The number of unbranched alkanes of at least 4 members (excludes halogenated alkanes) is 1. The number of carbonyl (C=O) groups is 2. The summed E-state index contributed by atoms with van der Waals surface area (Å²) in [6.07, 6.45) is 7.54. The van der Waals surface area contributed by atoms with Crippen LogP contribution in [0.4, 0.5) is 0 Å². The van der Waals surface area contributed by atoms with Gasteiger partial charge in [0.15, 0.2) is 0 Å². The molecule has 1 rings (SSSR count). The summed E-state index contributed by atoms with van der Waals surface area (Å²) < 4.78 is 0. The van der Waals surface area contributed by atoms with Crippen molar-refractivity contribution in [3.8, 4) is 0 Å². The van der Waals surface area contributed by atoms with Gasteiger partial charge in [0.05, 0.1) is 12.1 Å². The largest absolute Gasteiger partial charge is 0.344 e. The second kappa shape index (κ2) is 15.1. The monoisotopic (exact) mass is 427 g/mol. The van der Waals surface area contributed by atoms with Gasteiger partial charge in [0.2, 0.25) is 18.1 Å². The summed E-state index contributed by atoms with van der Waals surface area (Å²) in [6.45, 7) is 10.6. The van der Waals surface area contributed by atoms with E-state index in [4.69, 9.17) is 5.73 Å². The number of hydrogen-bond donors (Lipinski definition) is 3. The number of hydrogen-bond acceptors (Lipinski definition) is 5. The van der Waals surface area contributed by atoms with Crippen LogP contribution in [0.2, 0.25) is 0 Å². The maximum atomic E-state index is 13.3. The molecule has 31 heavy (non-hydrogen) atoms. The molecule has 0 unspecified atom stereocenters. The number of carbonyl (C=O) groups excluding carboxylic acids is 3. The van der Waals surface area contributed by atoms with Crippen molar-refractivity contribution in [2.45, 2.75) is 50.7 Å². The fraction of sp³-hybridized carbons (Fsp3) is 0.458. The van der Waals surface area contributed by atoms with Crippen LogP contribution in [0.15, 0.2) is 55.6 Å². The number of nitrogens with two attached hydrogens (primary N) is 1. The molecule has 0 spiro atoms. The molecule has 7 nitrogen and oxygen atoms in total. The lowest BCUT2D eigenvalue weighted by Gasteiger charge is -2.31. The van der Waals surface area contributed by atoms with E-state index in [-0.39, 0.29) is 5.91 Å². The van der Waals surface area contributed by atoms with Gasteiger partial charge < -0.3 is 16.4 Å². The van der Waals surface area contributed by atoms with Gasteiger partial charge in [-0.25, -0.2) is 0 Å². The van der Waals surface area contributed by atoms with E-state index in [9.17, 15) is 14.4 Å². The molecule has 169 valence electrons. The van der Waals surface area contributed by atoms with Crippen molar-refractivity contribution in [1.29, 1.82) is 0 Å². The Morgan fingerprint density at radius 1 is 1.10 bits per heavy atom. The Labute approximate surface area is 185 Å². The number of rotatable bonds is 16. The Hall–Kier alpha value is -2.77. The second-order valence-electron chi connectivity index (χ2n) is 7.43. The van der Waals surface area contributed by atoms with Crippen LogP contribution in [0.1, 0.15) is 31.7 Å². The normalized spacial score (nSPS) is 13.6. The molecule has 0 heterocycles. The lowest BCUT2D eigenvalue weighted by molar-refractivity contribution is -0.132. The van der Waals surface area contributed by atoms with Crippen molar-refractivity contribution in [3.05, 3.63) is 61.2 Å². The molecular formula is C24H35N4O3. The molecular weight excluding hydrogens is 392 g/mol. The number of benzene rings is 1. The Bertz CT molecular complexity index is 698. The quantitative estimate of drug-likeness (QED) is 0.274. The first-order valence-corrected chi connectivity index (χ1v) is 10.6. The summed E-state index contributed by atoms with van der Waals surface area (Å²) >= 11 is 0. The lowest BCUT2D eigenvalue weighted by atomic mass is 10.0. The minimum atomic E-state index is -0.762. The lowest BCUT2D eigenvalue weighted by Crippen LogP contribution is -2.55. The molecule has 2 amide bonds. The van der Waals surface area contributed by atoms with Crippen molar-refractivity contribution >= 4 is 18.1 Å². The van der Waals surface area contributed by atoms with Crippen molar-refractivity contribution < 1.29 is 14.4 Å². The maximum absolute atomic E-state index is 13.3. The molecule has 1 aromatic carbocycles. The standard InChI is InChI=1S/C24H35N4O3/c1-4-15-28(16-5-2)22(17-20-11-7-6-8-12-20)24(31)27-21(13-9-10-14-25)23(30)26-19(3)18-29/h4-8,11-12,19,21-22H,1-2,9-10,13-17,25H2,3H3,(H,26,30)(H,27,31)/t19-,21-,22-/m0/s1. The van der Waals surface area contributed by atoms with Crippen LogP contribution in [0, 0.1) is 0 Å². The van der Waals surface area contributed by atoms with E-state index in [0.717, 1.165) is 12.0 Å². The first-order chi connectivity index (χ1) is 15.0. The fourth-order valence-electron chi connectivity index (χ4n) is 3.26. The SMILES string of the molecule is C=CCN(CC=C)[C@@H](Cc1ccccc1)C(=O)N[C@@H](CCCCN)C(=O)N[C@@H](C)[C]=O. The Kier molecular flexibility index (Phi) is 12.8. The summed E-state index contributed by atoms with van der Waals surface area (Å²) in [5, 5.41) is 5.47. The molecule has 0 saturated carbocycles. The van der Waals surface area contributed by atoms with Crippen LogP contribution in [0.5, 0.6) is 0 Å². The van der Waals surface area contributed by atoms with Crippen LogP contribution in [0.3, 0.4) is 0 Å². The summed E-state index contributed by atoms with van der Waals surface area (Å²) in [6, 6.07) is 7.68. The minimum absolute atomic E-state index is 0.261. The van der Waals surface area contributed by atoms with Gasteiger partial charge in [0, 0.05) is 13.1 Å². The zero-order chi connectivity index (χ0) is 23.1. The van der Waals surface area contributed by atoms with Crippen LogP contribution in [-0.4, -0.2) is 60.8 Å². The third-order valence-electron chi connectivity index (χ3n) is 4.86. The highest BCUT2D eigenvalue weighted by atomic mass is 16.2. The highest BCUT2D eigenvalue weighted by Gasteiger charge is 2.29. The van der Waals surface area contributed by atoms with E-state index in [1.165, 1.54) is 6.92 Å². The van der Waals surface area contributed by atoms with E-state index >= 15 is 0 Å². The van der Waals surface area contributed by atoms with Gasteiger partial charge in [-0.15, -0.1) is 13.2 Å². The molecule has 0 aromatic heterocycles. The van der Waals surface area contributed by atoms with Gasteiger partial charge >= 0.3 is 0 Å². The van der Waals surface area contributed by atoms with Crippen LogP contribution in [0.25, 0.3) is 0 Å². The van der Waals surface area contributed by atoms with Gasteiger partial charge in [0.1, 0.15) is 6.04 Å². The highest BCUT2D eigenvalue weighted by Crippen LogP contribution is 2.12. The molecule has 7 heteroatoms. The molecule has 1 radical (unpaired) electrons. The third kappa shape index (κ3) is 9.72. The van der Waals surface area contributed by atoms with E-state index in [1.807, 2.05) is 35.2 Å². The smallest absolute Gasteiger partial charge is 0.243 e. The maximum Gasteiger partial charge on any atom is 0.243 e. The number of amides is 2. The average molecular weight is 428 g/mol. The first kappa shape index (κ1) is 26.3. The predicted octanol–water partition coefficient (Wildman–Crippen LogP) is 1.50. The first-order valence-electron chi connectivity index (χ1n) is 10.6. The predicted molar refractivity (Wildman–Crippen MR) is 124 cm³/mol. The summed E-state index contributed by atoms with van der Waals surface area (Å²) in [7, 11) is 0. The van der Waals surface area contributed by atoms with Crippen molar-refractivity contribution in [1.82, 2.24) is 15.5 Å². The summed E-state index contributed by atoms with van der Waals surface area (Å²) in [4.78, 5) is 38.8. The second-order valence-corrected chi connectivity index (χ2v) is 7.43. The Balaban J connectivity index is 3.07. The van der Waals surface area contributed by atoms with Crippen LogP contribution >= 0.6 is 0 Å². The fourth-order valence-corrected chi connectivity index (χ4v) is 3.26. The molecule has 0 saturated heterocycles. The van der Waals surface area contributed by atoms with Crippen LogP contribution < -0.4 is 16.4 Å². The van der Waals surface area contributed by atoms with Crippen molar-refractivity contribution in [2.24, 2.45) is 5.73 Å². The van der Waals surface area contributed by atoms with Gasteiger partial charge in [-0.3, -0.25) is 19.3 Å². The van der Waals surface area contributed by atoms with Gasteiger partial charge in [-0.2, -0.15) is 0 Å². The van der Waals surface area contributed by atoms with Gasteiger partial charge in [-0.1, -0.05) is 42.5 Å². The topological polar surface area (TPSA) is 105 Å². The number of nitrogens with one attached hydrogen (secondary N) is 2.